The molecule has 0 amide bonds. The number of carbonyl (C=O) groups is 1. The molecule has 2 N–H and O–H groups in total. The van der Waals surface area contributed by atoms with Crippen LogP contribution in [0.15, 0.2) is 18.5 Å². The number of anilines is 1. The molecule has 0 aromatic carbocycles. The highest BCUT2D eigenvalue weighted by Gasteiger charge is 2.14. The summed E-state index contributed by atoms with van der Waals surface area (Å²) in [5.74, 6) is -0.0362. The average molecular weight is 281 g/mol. The number of aryl methyl sites for hydroxylation is 1. The van der Waals surface area contributed by atoms with Crippen molar-refractivity contribution in [2.24, 2.45) is 0 Å². The number of halogens is 1. The number of nitrogens with zero attached hydrogens (tertiary/aromatic N) is 3. The summed E-state index contributed by atoms with van der Waals surface area (Å²) >= 11 is 5.94. The topological polar surface area (TPSA) is 83.0 Å². The second-order valence-corrected chi connectivity index (χ2v) is 4.26. The highest BCUT2D eigenvalue weighted by molar-refractivity contribution is 6.31. The number of esters is 1. The molecule has 2 rings (SSSR count). The molecule has 2 heterocycles. The molecule has 0 spiro atoms. The lowest BCUT2D eigenvalue weighted by Gasteiger charge is -2.07. The van der Waals surface area contributed by atoms with Gasteiger partial charge in [0.05, 0.1) is 41.0 Å². The van der Waals surface area contributed by atoms with E-state index in [9.17, 15) is 4.79 Å². The van der Waals surface area contributed by atoms with Gasteiger partial charge in [-0.3, -0.25) is 0 Å². The first-order chi connectivity index (χ1) is 9.02. The van der Waals surface area contributed by atoms with Gasteiger partial charge in [-0.15, -0.1) is 0 Å². The lowest BCUT2D eigenvalue weighted by Crippen LogP contribution is -2.10. The minimum absolute atomic E-state index is 0.260. The molecule has 100 valence electrons. The van der Waals surface area contributed by atoms with Gasteiger partial charge in [0.1, 0.15) is 0 Å². The van der Waals surface area contributed by atoms with Gasteiger partial charge < -0.3 is 10.5 Å². The summed E-state index contributed by atoms with van der Waals surface area (Å²) in [7, 11) is 0. The molecule has 0 unspecified atom stereocenters. The van der Waals surface area contributed by atoms with Gasteiger partial charge in [0.2, 0.25) is 0 Å². The van der Waals surface area contributed by atoms with Crippen LogP contribution in [0.2, 0.25) is 5.02 Å². The number of rotatable bonds is 3. The fourth-order valence-electron chi connectivity index (χ4n) is 1.52. The van der Waals surface area contributed by atoms with Crippen LogP contribution in [0.25, 0.3) is 5.82 Å². The Morgan fingerprint density at radius 3 is 2.89 bits per heavy atom. The Morgan fingerprint density at radius 1 is 1.58 bits per heavy atom. The van der Waals surface area contributed by atoms with Gasteiger partial charge in [-0.05, 0) is 19.9 Å². The number of hydrogen-bond acceptors (Lipinski definition) is 5. The maximum Gasteiger partial charge on any atom is 0.340 e. The monoisotopic (exact) mass is 280 g/mol. The third kappa shape index (κ3) is 2.68. The molecule has 0 aliphatic heterocycles. The molecule has 0 atom stereocenters. The smallest absolute Gasteiger partial charge is 0.340 e. The van der Waals surface area contributed by atoms with Crippen LogP contribution >= 0.6 is 11.6 Å². The van der Waals surface area contributed by atoms with Crippen molar-refractivity contribution in [1.82, 2.24) is 14.8 Å². The average Bonchev–Trinajstić information content (AvgIpc) is 2.70. The second kappa shape index (κ2) is 5.27. The van der Waals surface area contributed by atoms with Gasteiger partial charge in [-0.2, -0.15) is 5.10 Å². The minimum atomic E-state index is -0.487. The van der Waals surface area contributed by atoms with Crippen molar-refractivity contribution in [3.05, 3.63) is 34.7 Å². The summed E-state index contributed by atoms with van der Waals surface area (Å²) in [6, 6.07) is 1.52. The van der Waals surface area contributed by atoms with Crippen molar-refractivity contribution >= 4 is 23.3 Å². The van der Waals surface area contributed by atoms with Crippen LogP contribution in [-0.2, 0) is 4.74 Å². The van der Waals surface area contributed by atoms with Gasteiger partial charge in [-0.1, -0.05) is 11.6 Å². The van der Waals surface area contributed by atoms with Crippen LogP contribution in [0.3, 0.4) is 0 Å². The number of aromatic nitrogens is 3. The summed E-state index contributed by atoms with van der Waals surface area (Å²) in [4.78, 5) is 15.9. The maximum atomic E-state index is 11.7. The SMILES string of the molecule is CCOC(=O)c1cc(-n2cc(Cl)c(C)n2)ncc1N. The Morgan fingerprint density at radius 2 is 2.32 bits per heavy atom. The van der Waals surface area contributed by atoms with Crippen molar-refractivity contribution in [1.29, 1.82) is 0 Å². The number of carbonyl (C=O) groups excluding carboxylic acids is 1. The largest absolute Gasteiger partial charge is 0.462 e. The summed E-state index contributed by atoms with van der Waals surface area (Å²) in [5, 5.41) is 4.71. The zero-order valence-electron chi connectivity index (χ0n) is 10.6. The van der Waals surface area contributed by atoms with E-state index in [4.69, 9.17) is 22.1 Å². The first kappa shape index (κ1) is 13.4. The molecule has 0 fully saturated rings. The fourth-order valence-corrected chi connectivity index (χ4v) is 1.65. The Labute approximate surface area is 115 Å². The lowest BCUT2D eigenvalue weighted by atomic mass is 10.2. The minimum Gasteiger partial charge on any atom is -0.462 e. The van der Waals surface area contributed by atoms with Gasteiger partial charge >= 0.3 is 5.97 Å². The molecule has 0 aliphatic carbocycles. The molecule has 6 nitrogen and oxygen atoms in total. The quantitative estimate of drug-likeness (QED) is 0.869. The van der Waals surface area contributed by atoms with E-state index in [2.05, 4.69) is 10.1 Å². The van der Waals surface area contributed by atoms with E-state index >= 15 is 0 Å². The molecule has 19 heavy (non-hydrogen) atoms. The van der Waals surface area contributed by atoms with Crippen LogP contribution in [0.4, 0.5) is 5.69 Å². The molecular formula is C12H13ClN4O2. The van der Waals surface area contributed by atoms with E-state index in [1.165, 1.54) is 16.9 Å². The first-order valence-electron chi connectivity index (χ1n) is 5.67. The molecule has 0 aliphatic rings. The predicted molar refractivity (Wildman–Crippen MR) is 71.5 cm³/mol. The molecule has 0 saturated heterocycles. The highest BCUT2D eigenvalue weighted by Crippen LogP contribution is 2.18. The van der Waals surface area contributed by atoms with Crippen molar-refractivity contribution in [2.75, 3.05) is 12.3 Å². The number of ether oxygens (including phenoxy) is 1. The number of nitrogens with two attached hydrogens (primary N) is 1. The van der Waals surface area contributed by atoms with Crippen molar-refractivity contribution in [3.8, 4) is 5.82 Å². The molecular weight excluding hydrogens is 268 g/mol. The molecule has 0 bridgehead atoms. The molecule has 0 radical (unpaired) electrons. The molecule has 2 aromatic heterocycles. The van der Waals surface area contributed by atoms with Crippen LogP contribution in [-0.4, -0.2) is 27.3 Å². The van der Waals surface area contributed by atoms with E-state index in [1.807, 2.05) is 0 Å². The van der Waals surface area contributed by atoms with Gasteiger partial charge in [-0.25, -0.2) is 14.5 Å². The Bertz CT molecular complexity index is 605. The van der Waals surface area contributed by atoms with Crippen LogP contribution in [0.1, 0.15) is 23.0 Å². The zero-order chi connectivity index (χ0) is 14.0. The number of nitrogen functional groups attached to an aromatic ring is 1. The van der Waals surface area contributed by atoms with Crippen LogP contribution in [0, 0.1) is 6.92 Å². The normalized spacial score (nSPS) is 10.5. The molecule has 2 aromatic rings. The van der Waals surface area contributed by atoms with Crippen LogP contribution < -0.4 is 5.73 Å². The standard InChI is InChI=1S/C12H13ClN4O2/c1-3-19-12(18)8-4-11(15-5-10(8)14)17-6-9(13)7(2)16-17/h4-6H,3,14H2,1-2H3. The van der Waals surface area contributed by atoms with E-state index in [0.717, 1.165) is 0 Å². The lowest BCUT2D eigenvalue weighted by molar-refractivity contribution is 0.0527. The van der Waals surface area contributed by atoms with E-state index in [-0.39, 0.29) is 17.9 Å². The van der Waals surface area contributed by atoms with Crippen molar-refractivity contribution in [2.45, 2.75) is 13.8 Å². The molecule has 7 heteroatoms. The van der Waals surface area contributed by atoms with Crippen molar-refractivity contribution in [3.63, 3.8) is 0 Å². The maximum absolute atomic E-state index is 11.7. The third-order valence-corrected chi connectivity index (χ3v) is 2.86. The van der Waals surface area contributed by atoms with Gasteiger partial charge in [0.15, 0.2) is 5.82 Å². The van der Waals surface area contributed by atoms with E-state index in [0.29, 0.717) is 16.5 Å². The Kier molecular flexibility index (Phi) is 3.71. The number of pyridine rings is 1. The Balaban J connectivity index is 2.43. The van der Waals surface area contributed by atoms with Gasteiger partial charge in [0.25, 0.3) is 0 Å². The summed E-state index contributed by atoms with van der Waals surface area (Å²) in [5.41, 5.74) is 6.92. The summed E-state index contributed by atoms with van der Waals surface area (Å²) in [6.45, 7) is 3.79. The molecule has 0 saturated carbocycles. The zero-order valence-corrected chi connectivity index (χ0v) is 11.3. The van der Waals surface area contributed by atoms with Gasteiger partial charge in [0, 0.05) is 0 Å². The summed E-state index contributed by atoms with van der Waals surface area (Å²) < 4.78 is 6.41. The fraction of sp³-hybridized carbons (Fsp3) is 0.250. The first-order valence-corrected chi connectivity index (χ1v) is 6.05. The third-order valence-electron chi connectivity index (χ3n) is 2.49. The number of hydrogen-bond donors (Lipinski definition) is 1. The van der Waals surface area contributed by atoms with Crippen molar-refractivity contribution < 1.29 is 9.53 Å². The predicted octanol–water partition coefficient (Wildman–Crippen LogP) is 1.99. The van der Waals surface area contributed by atoms with E-state index in [1.54, 1.807) is 20.0 Å². The van der Waals surface area contributed by atoms with E-state index < -0.39 is 5.97 Å². The second-order valence-electron chi connectivity index (χ2n) is 3.86. The Hall–Kier alpha value is -2.08. The summed E-state index contributed by atoms with van der Waals surface area (Å²) in [6.07, 6.45) is 3.01. The van der Waals surface area contributed by atoms with Crippen LogP contribution in [0.5, 0.6) is 0 Å². The highest BCUT2D eigenvalue weighted by atomic mass is 35.5.